The Morgan fingerprint density at radius 1 is 0.183 bits per heavy atom. The number of hydrogen-bond acceptors (Lipinski definition) is 49. The van der Waals surface area contributed by atoms with Gasteiger partial charge in [0.25, 0.3) is 0 Å². The minimum absolute atomic E-state index is 0. The quantitative estimate of drug-likeness (QED) is 0.0199. The number of aliphatic carboxylic acids is 7. The second-order valence-electron chi connectivity index (χ2n) is 29.2. The SMILES string of the molecule is O=C([O-])CCCSC[C@@H]1O[C@H]2O[C@@H]3[C@@H](O)[C@H](O)[C@H](O[C@@H]4[C@@H](O)[C@H](O)[C@H](O[C@@H]5[C@@H](O)[C@@H](O)[C@H](O[C@@H]6[C@@H](O)[C@H](O)[C@H](O[C@@H]7[C@@H](O)[C@H](O)[C@H](O[C@@H]8[C@@H](O)[C@H](O)[C@H](O[C@@H]1[C@@H](O)[C@@H]2O)O[C@H]8CSCCCC(=O)[O-])O[C@H]7CSCCCC(=O)[O-])O[C@H]6CSCCCC(=O)[O-])O[C@H]5CSCCCC(=O)[O-])O[C@H]4CSCCCC(=O)[O-])O[C@H]3CSCCCC(=O)[O-].[Na+].[Na+].[Na+].[Na+].[Na+].[Na+].[Na+]. The standard InChI is InChI=1S/C70H112O42S7.7Na/c71-36(72)8-1-15-113-22-29-57-43(85)50(92)64(99-29)107-58-30(23-114-16-2-9-37(73)74)101-66(52(94)45(58)87)109-60-32(25-116-18-4-11-39(77)78)103-68(54(96)47(60)89)111-62-34(27-118-20-6-13-41(81)82)105-70(56(98)49(62)91)112-63-35(28-119-21-7-14-42(83)84)104-69(55(97)48(63)90)110-61-33(26-117-19-5-12-40(79)80)102-67(53(95)46(61)88)108-59-31(24-115-17-3-10-38(75)76)100-65(106-57)51(93)44(59)86;;;;;;;/h29-35,43-70,85-98H,1-28H2,(H,71,72)(H,73,74)(H,75,76)(H,77,78)(H,79,80)(H,81,82)(H,83,84);;;;;;;/q;7*+1/p-7/t29-,30-,31-,32-,33-,34-,35-,43-,44-,45-,46-,47-,48-,49-,50-,51-,52-,53-,54-,55-,56+,57-,58-,59-,60-,61-,62-,63-,64-,65-,66-,67-,68-,69-,70-;;;;;;;/m0......./s1. The molecule has 686 valence electrons. The van der Waals surface area contributed by atoms with Crippen molar-refractivity contribution < 1.29 is 414 Å². The van der Waals surface area contributed by atoms with Gasteiger partial charge in [-0.05, 0) is 130 Å². The molecular formula is C70H105Na7O42S7. The first kappa shape index (κ1) is 129. The van der Waals surface area contributed by atoms with Crippen LogP contribution in [0.4, 0.5) is 0 Å². The fourth-order valence-corrected chi connectivity index (χ4v) is 21.1. The molecule has 21 aliphatic rings. The van der Waals surface area contributed by atoms with Crippen LogP contribution in [-0.2, 0) is 99.9 Å². The van der Waals surface area contributed by atoms with Crippen molar-refractivity contribution in [3.8, 4) is 0 Å². The summed E-state index contributed by atoms with van der Waals surface area (Å²) in [7, 11) is 0. The van der Waals surface area contributed by atoms with Crippen molar-refractivity contribution in [2.45, 2.75) is 305 Å². The predicted octanol–water partition coefficient (Wildman–Crippen LogP) is -34.3. The van der Waals surface area contributed by atoms with E-state index < -0.39 is 302 Å². The molecule has 14 bridgehead atoms. The summed E-state index contributed by atoms with van der Waals surface area (Å²) in [6, 6.07) is 0. The normalized spacial score (nSPS) is 37.6. The summed E-state index contributed by atoms with van der Waals surface area (Å²) in [6.45, 7) is 0. The molecule has 0 aromatic carbocycles. The van der Waals surface area contributed by atoms with Crippen molar-refractivity contribution >= 4 is 124 Å². The number of thioether (sulfide) groups is 7. The number of hydrogen-bond donors (Lipinski definition) is 14. The van der Waals surface area contributed by atoms with Crippen LogP contribution in [0.1, 0.15) is 89.9 Å². The number of carbonyl (C=O) groups excluding carboxylic acids is 7. The Morgan fingerprint density at radius 2 is 0.286 bits per heavy atom. The summed E-state index contributed by atoms with van der Waals surface area (Å²) in [5.74, 6) is -11.2. The summed E-state index contributed by atoms with van der Waals surface area (Å²) < 4.78 is 88.5. The summed E-state index contributed by atoms with van der Waals surface area (Å²) in [5, 5.41) is 251. The third kappa shape index (κ3) is 40.1. The molecule has 126 heavy (non-hydrogen) atoms. The molecule has 21 saturated heterocycles. The van der Waals surface area contributed by atoms with Gasteiger partial charge in [0.15, 0.2) is 44.0 Å². The van der Waals surface area contributed by atoms with Gasteiger partial charge in [-0.2, -0.15) is 82.3 Å². The van der Waals surface area contributed by atoms with Crippen LogP contribution in [0.15, 0.2) is 0 Å². The van der Waals surface area contributed by atoms with Crippen LogP contribution in [0.3, 0.4) is 0 Å². The molecular weight excluding hydrogens is 1900 g/mol. The van der Waals surface area contributed by atoms with Gasteiger partial charge in [0.05, 0.1) is 42.7 Å². The molecule has 21 aliphatic heterocycles. The molecule has 0 saturated carbocycles. The Labute approximate surface area is 911 Å². The zero-order chi connectivity index (χ0) is 86.9. The Morgan fingerprint density at radius 3 is 0.381 bits per heavy atom. The minimum atomic E-state index is -2.26. The topological polar surface area (TPSA) is 693 Å². The number of aliphatic hydroxyl groups is 14. The van der Waals surface area contributed by atoms with Gasteiger partial charge in [0.2, 0.25) is 0 Å². The third-order valence-corrected chi connectivity index (χ3v) is 28.2. The van der Waals surface area contributed by atoms with Crippen molar-refractivity contribution in [1.82, 2.24) is 0 Å². The fourth-order valence-electron chi connectivity index (χ4n) is 14.0. The number of ether oxygens (including phenoxy) is 14. The molecule has 0 aromatic rings. The molecule has 21 heterocycles. The molecule has 56 heteroatoms. The number of carboxylic acids is 7. The summed E-state index contributed by atoms with van der Waals surface area (Å²) in [5.41, 5.74) is 0. The largest absolute Gasteiger partial charge is 1.00 e. The van der Waals surface area contributed by atoms with E-state index in [0.717, 1.165) is 82.3 Å². The van der Waals surface area contributed by atoms with Crippen molar-refractivity contribution in [1.29, 1.82) is 0 Å². The first-order valence-corrected chi connectivity index (χ1v) is 46.9. The molecule has 35 atom stereocenters. The molecule has 21 rings (SSSR count). The van der Waals surface area contributed by atoms with E-state index >= 15 is 0 Å². The van der Waals surface area contributed by atoms with Crippen molar-refractivity contribution in [3.63, 3.8) is 0 Å². The minimum Gasteiger partial charge on any atom is -0.550 e. The van der Waals surface area contributed by atoms with E-state index in [1.54, 1.807) is 0 Å². The molecule has 0 aliphatic carbocycles. The summed E-state index contributed by atoms with van der Waals surface area (Å²) in [6.07, 6.45) is -72.1. The number of carbonyl (C=O) groups is 7. The average molecular weight is 2000 g/mol. The van der Waals surface area contributed by atoms with Gasteiger partial charge in [-0.1, -0.05) is 0 Å². The number of aliphatic hydroxyl groups excluding tert-OH is 14. The Bertz CT molecular complexity index is 2590. The van der Waals surface area contributed by atoms with Gasteiger partial charge in [-0.25, -0.2) is 0 Å². The van der Waals surface area contributed by atoms with E-state index in [1.165, 1.54) is 0 Å². The van der Waals surface area contributed by atoms with Gasteiger partial charge in [-0.3, -0.25) is 0 Å². The predicted molar refractivity (Wildman–Crippen MR) is 400 cm³/mol. The van der Waals surface area contributed by atoms with E-state index in [1.807, 2.05) is 0 Å². The Balaban J connectivity index is 0.0000113. The van der Waals surface area contributed by atoms with Crippen LogP contribution in [-0.4, -0.2) is 409 Å². The molecule has 14 N–H and O–H groups in total. The molecule has 0 unspecified atom stereocenters. The van der Waals surface area contributed by atoms with Crippen LogP contribution >= 0.6 is 82.3 Å². The zero-order valence-corrected chi connectivity index (χ0v) is 90.8. The second kappa shape index (κ2) is 66.5. The number of rotatable bonds is 42. The number of carboxylic acid groups (broad SMARTS) is 7. The Kier molecular flexibility index (Phi) is 67.8. The van der Waals surface area contributed by atoms with E-state index in [-0.39, 0.29) is 332 Å². The van der Waals surface area contributed by atoms with Gasteiger partial charge >= 0.3 is 207 Å². The van der Waals surface area contributed by atoms with Crippen LogP contribution in [0.25, 0.3) is 0 Å². The van der Waals surface area contributed by atoms with E-state index in [4.69, 9.17) is 66.3 Å². The second-order valence-corrected chi connectivity index (χ2v) is 37.3. The molecule has 0 aromatic heterocycles. The first-order valence-electron chi connectivity index (χ1n) is 38.8. The average Bonchev–Trinajstić information content (AvgIpc) is 0.788. The Hall–Kier alpha value is 4.62. The fraction of sp³-hybridized carbons (Fsp3) is 0.900. The van der Waals surface area contributed by atoms with Gasteiger partial charge in [0.1, 0.15) is 128 Å². The molecule has 0 amide bonds. The van der Waals surface area contributed by atoms with Gasteiger partial charge in [0, 0.05) is 82.1 Å². The molecule has 21 fully saturated rings. The van der Waals surface area contributed by atoms with Crippen LogP contribution in [0.5, 0.6) is 0 Å². The van der Waals surface area contributed by atoms with E-state index in [0.29, 0.717) is 0 Å². The monoisotopic (exact) mass is 2000 g/mol. The van der Waals surface area contributed by atoms with Crippen molar-refractivity contribution in [2.24, 2.45) is 0 Å². The maximum atomic E-state index is 12.3. The summed E-state index contributed by atoms with van der Waals surface area (Å²) in [4.78, 5) is 80.4. The molecule has 0 spiro atoms. The van der Waals surface area contributed by atoms with Gasteiger partial charge in [-0.15, -0.1) is 0 Å². The van der Waals surface area contributed by atoms with E-state index in [2.05, 4.69) is 0 Å². The molecule has 42 nitrogen and oxygen atoms in total. The van der Waals surface area contributed by atoms with Gasteiger partial charge < -0.3 is 207 Å². The van der Waals surface area contributed by atoms with Crippen molar-refractivity contribution in [2.75, 3.05) is 80.5 Å². The summed E-state index contributed by atoms with van der Waals surface area (Å²) >= 11 is 7.13. The smallest absolute Gasteiger partial charge is 0.550 e. The van der Waals surface area contributed by atoms with Crippen LogP contribution in [0, 0.1) is 0 Å². The van der Waals surface area contributed by atoms with Crippen LogP contribution < -0.4 is 243 Å². The zero-order valence-electron chi connectivity index (χ0n) is 71.1. The third-order valence-electron chi connectivity index (χ3n) is 20.2. The van der Waals surface area contributed by atoms with Crippen LogP contribution in [0.2, 0.25) is 0 Å². The van der Waals surface area contributed by atoms with E-state index in [9.17, 15) is 141 Å². The first-order chi connectivity index (χ1) is 56.6. The van der Waals surface area contributed by atoms with Crippen molar-refractivity contribution in [3.05, 3.63) is 0 Å². The molecule has 0 radical (unpaired) electrons. The maximum absolute atomic E-state index is 12.3. The maximum Gasteiger partial charge on any atom is 1.00 e.